The van der Waals surface area contributed by atoms with Gasteiger partial charge in [-0.1, -0.05) is 5.22 Å². The largest absolute Gasteiger partial charge is 0.497 e. The molecule has 0 aromatic heterocycles. The van der Waals surface area contributed by atoms with Crippen LogP contribution in [-0.4, -0.2) is 26.0 Å². The van der Waals surface area contributed by atoms with Gasteiger partial charge in [0.25, 0.3) is 0 Å². The maximum atomic E-state index is 11.5. The zero-order valence-electron chi connectivity index (χ0n) is 8.76. The summed E-state index contributed by atoms with van der Waals surface area (Å²) in [6, 6.07) is -0.377. The second kappa shape index (κ2) is 4.07. The van der Waals surface area contributed by atoms with Gasteiger partial charge in [0.05, 0.1) is 17.3 Å². The lowest BCUT2D eigenvalue weighted by molar-refractivity contribution is 0.300. The number of methoxy groups -OCH3 is 1. The molecule has 0 aromatic carbocycles. The lowest BCUT2D eigenvalue weighted by Gasteiger charge is -2.18. The topological polar surface area (TPSA) is 120 Å². The first-order valence-electron chi connectivity index (χ1n) is 4.56. The minimum Gasteiger partial charge on any atom is -0.497 e. The minimum atomic E-state index is -4.18. The van der Waals surface area contributed by atoms with Crippen LogP contribution in [-0.2, 0) is 14.9 Å². The van der Waals surface area contributed by atoms with E-state index in [0.29, 0.717) is 22.3 Å². The van der Waals surface area contributed by atoms with Crippen molar-refractivity contribution in [2.24, 2.45) is 14.9 Å². The van der Waals surface area contributed by atoms with Crippen molar-refractivity contribution >= 4 is 10.2 Å². The van der Waals surface area contributed by atoms with Crippen LogP contribution in [0.3, 0.4) is 0 Å². The van der Waals surface area contributed by atoms with E-state index in [1.165, 1.54) is 13.2 Å². The summed E-state index contributed by atoms with van der Waals surface area (Å²) in [6.45, 7) is 0. The van der Waals surface area contributed by atoms with Crippen molar-refractivity contribution in [1.82, 2.24) is 4.41 Å². The molecule has 1 aliphatic heterocycles. The molecule has 0 saturated carbocycles. The van der Waals surface area contributed by atoms with Gasteiger partial charge >= 0.3 is 10.2 Å². The summed E-state index contributed by atoms with van der Waals surface area (Å²) in [5, 5.41) is 7.26. The summed E-state index contributed by atoms with van der Waals surface area (Å²) in [4.78, 5) is 2.25. The first kappa shape index (κ1) is 11.4. The Morgan fingerprint density at radius 1 is 1.71 bits per heavy atom. The van der Waals surface area contributed by atoms with Gasteiger partial charge in [0.2, 0.25) is 0 Å². The van der Waals surface area contributed by atoms with Crippen molar-refractivity contribution < 1.29 is 13.2 Å². The molecule has 2 rings (SSSR count). The zero-order valence-corrected chi connectivity index (χ0v) is 9.57. The molecule has 0 N–H and O–H groups in total. The van der Waals surface area contributed by atoms with Crippen LogP contribution >= 0.6 is 0 Å². The Hall–Kier alpha value is -2.06. The number of azide groups is 1. The van der Waals surface area contributed by atoms with Gasteiger partial charge in [-0.3, -0.25) is 0 Å². The molecule has 90 valence electrons. The predicted molar refractivity (Wildman–Crippen MR) is 56.3 cm³/mol. The summed E-state index contributed by atoms with van der Waals surface area (Å²) in [5.74, 6) is 0.518. The number of hydrogen-bond acceptors (Lipinski definition) is 5. The van der Waals surface area contributed by atoms with Gasteiger partial charge in [-0.2, -0.15) is 13.5 Å². The third-order valence-electron chi connectivity index (χ3n) is 2.26. The smallest absolute Gasteiger partial charge is 0.345 e. The van der Waals surface area contributed by atoms with Crippen molar-refractivity contribution in [2.75, 3.05) is 7.11 Å². The highest BCUT2D eigenvalue weighted by Gasteiger charge is 2.35. The molecule has 1 heterocycles. The van der Waals surface area contributed by atoms with Crippen molar-refractivity contribution in [3.8, 4) is 0 Å². The molecule has 0 spiro atoms. The lowest BCUT2D eigenvalue weighted by atomic mass is 10.1. The lowest BCUT2D eigenvalue weighted by Crippen LogP contribution is -2.25. The number of nitrogens with zero attached hydrogens (tertiary/aromatic N) is 6. The number of rotatable bonds is 3. The van der Waals surface area contributed by atoms with E-state index in [9.17, 15) is 8.42 Å². The Kier molecular flexibility index (Phi) is 2.74. The van der Waals surface area contributed by atoms with Gasteiger partial charge < -0.3 is 4.74 Å². The monoisotopic (exact) mass is 256 g/mol. The molecule has 0 saturated heterocycles. The van der Waals surface area contributed by atoms with Crippen molar-refractivity contribution in [1.29, 1.82) is 0 Å². The van der Waals surface area contributed by atoms with Crippen molar-refractivity contribution in [3.05, 3.63) is 34.1 Å². The Morgan fingerprint density at radius 2 is 2.47 bits per heavy atom. The van der Waals surface area contributed by atoms with Crippen molar-refractivity contribution in [2.45, 2.75) is 12.5 Å². The molecular weight excluding hydrogens is 248 g/mol. The average Bonchev–Trinajstić information content (AvgIpc) is 2.71. The molecule has 0 aromatic rings. The van der Waals surface area contributed by atoms with Gasteiger partial charge in [0.15, 0.2) is 0 Å². The first-order valence-corrected chi connectivity index (χ1v) is 5.96. The van der Waals surface area contributed by atoms with Crippen LogP contribution in [0.5, 0.6) is 0 Å². The predicted octanol–water partition coefficient (Wildman–Crippen LogP) is 1.41. The quantitative estimate of drug-likeness (QED) is 0.431. The Morgan fingerprint density at radius 3 is 3.12 bits per heavy atom. The second-order valence-electron chi connectivity index (χ2n) is 3.23. The Labute approximate surface area is 96.9 Å². The fourth-order valence-electron chi connectivity index (χ4n) is 1.50. The molecule has 10 heteroatoms. The molecule has 1 unspecified atom stereocenters. The van der Waals surface area contributed by atoms with Gasteiger partial charge in [-0.05, 0) is 18.0 Å². The fraction of sp³-hybridized carbons (Fsp3) is 0.429. The summed E-state index contributed by atoms with van der Waals surface area (Å²) in [5.41, 5.74) is 8.50. The standard InChI is InChI=1S/C7H8N6O3S/c1-16-5-2-3-6-7(4-5)13(11-9-6)17(14,15)12-10-8/h2,4,6H,3H2,1H3. The van der Waals surface area contributed by atoms with Crippen LogP contribution in [0.25, 0.3) is 10.4 Å². The van der Waals surface area contributed by atoms with Gasteiger partial charge in [-0.25, -0.2) is 0 Å². The summed E-state index contributed by atoms with van der Waals surface area (Å²) >= 11 is 0. The fourth-order valence-corrected chi connectivity index (χ4v) is 2.24. The zero-order chi connectivity index (χ0) is 12.5. The minimum absolute atomic E-state index is 0.316. The second-order valence-corrected chi connectivity index (χ2v) is 4.63. The number of hydrogen-bond donors (Lipinski definition) is 0. The van der Waals surface area contributed by atoms with Gasteiger partial charge in [0.1, 0.15) is 11.8 Å². The van der Waals surface area contributed by atoms with E-state index in [1.807, 2.05) is 0 Å². The number of ether oxygens (including phenoxy) is 1. The third kappa shape index (κ3) is 1.95. The van der Waals surface area contributed by atoms with E-state index in [0.717, 1.165) is 0 Å². The number of allylic oxidation sites excluding steroid dienone is 1. The maximum absolute atomic E-state index is 11.5. The molecular formula is C7H8N6O3S. The molecule has 0 radical (unpaired) electrons. The molecule has 1 aliphatic carbocycles. The highest BCUT2D eigenvalue weighted by Crippen LogP contribution is 2.32. The van der Waals surface area contributed by atoms with E-state index in [2.05, 4.69) is 19.8 Å². The van der Waals surface area contributed by atoms with Crippen molar-refractivity contribution in [3.63, 3.8) is 0 Å². The van der Waals surface area contributed by atoms with E-state index in [4.69, 9.17) is 10.3 Å². The van der Waals surface area contributed by atoms with E-state index < -0.39 is 10.2 Å². The average molecular weight is 256 g/mol. The molecule has 0 amide bonds. The molecule has 9 nitrogen and oxygen atoms in total. The maximum Gasteiger partial charge on any atom is 0.345 e. The SMILES string of the molecule is COC1=CCC2N=NN(S(=O)(=O)N=[N+]=[N-])C2=C1. The van der Waals surface area contributed by atoms with Crippen LogP contribution in [0.15, 0.2) is 38.5 Å². The normalized spacial score (nSPS) is 22.4. The Bertz CT molecular complexity index is 570. The molecule has 0 bridgehead atoms. The number of fused-ring (bicyclic) bond motifs is 1. The highest BCUT2D eigenvalue weighted by molar-refractivity contribution is 7.87. The highest BCUT2D eigenvalue weighted by atomic mass is 32.2. The summed E-state index contributed by atoms with van der Waals surface area (Å²) < 4.78 is 31.4. The molecule has 0 fully saturated rings. The summed E-state index contributed by atoms with van der Waals surface area (Å²) in [6.07, 6.45) is 3.76. The van der Waals surface area contributed by atoms with Crippen LogP contribution in [0.1, 0.15) is 6.42 Å². The van der Waals surface area contributed by atoms with E-state index in [-0.39, 0.29) is 6.04 Å². The van der Waals surface area contributed by atoms with E-state index >= 15 is 0 Å². The van der Waals surface area contributed by atoms with Gasteiger partial charge in [0, 0.05) is 11.0 Å². The Balaban J connectivity index is 2.40. The summed E-state index contributed by atoms with van der Waals surface area (Å²) in [7, 11) is -2.71. The third-order valence-corrected chi connectivity index (χ3v) is 3.26. The molecule has 2 aliphatic rings. The van der Waals surface area contributed by atoms with Crippen LogP contribution in [0, 0.1) is 0 Å². The van der Waals surface area contributed by atoms with E-state index in [1.54, 1.807) is 6.08 Å². The van der Waals surface area contributed by atoms with Gasteiger partial charge in [-0.15, -0.1) is 4.41 Å². The molecule has 17 heavy (non-hydrogen) atoms. The van der Waals surface area contributed by atoms with Crippen LogP contribution in [0.4, 0.5) is 0 Å². The first-order chi connectivity index (χ1) is 8.08. The van der Waals surface area contributed by atoms with Crippen LogP contribution < -0.4 is 0 Å². The molecule has 1 atom stereocenters. The van der Waals surface area contributed by atoms with Crippen LogP contribution in [0.2, 0.25) is 0 Å².